The van der Waals surface area contributed by atoms with Crippen LogP contribution in [0.1, 0.15) is 0 Å². The van der Waals surface area contributed by atoms with Crippen LogP contribution in [0, 0.1) is 0 Å². The number of hydrogen-bond acceptors (Lipinski definition) is 6. The van der Waals surface area contributed by atoms with Crippen LogP contribution in [0.15, 0.2) is 47.9 Å². The molecular formula is C18H21N5O2S2. The van der Waals surface area contributed by atoms with Crippen molar-refractivity contribution < 1.29 is 8.42 Å². The summed E-state index contributed by atoms with van der Waals surface area (Å²) in [6.07, 6.45) is 7.02. The summed E-state index contributed by atoms with van der Waals surface area (Å²) in [5.74, 6) is 0.836. The highest BCUT2D eigenvalue weighted by atomic mass is 32.2. The number of benzene rings is 1. The third-order valence-electron chi connectivity index (χ3n) is 4.81. The topological polar surface area (TPSA) is 71.3 Å². The largest absolute Gasteiger partial charge is 0.368 e. The lowest BCUT2D eigenvalue weighted by Crippen LogP contribution is -2.48. The van der Waals surface area contributed by atoms with Crippen LogP contribution in [0.25, 0.3) is 16.7 Å². The lowest BCUT2D eigenvalue weighted by atomic mass is 10.2. The molecule has 2 aromatic heterocycles. The predicted molar refractivity (Wildman–Crippen MR) is 109 cm³/mol. The number of nitrogens with zero attached hydrogens (tertiary/aromatic N) is 5. The Hall–Kier alpha value is -2.10. The minimum atomic E-state index is -3.13. The van der Waals surface area contributed by atoms with Crippen molar-refractivity contribution in [3.05, 3.63) is 42.7 Å². The Balaban J connectivity index is 1.67. The molecule has 3 aromatic rings. The normalized spacial score (nSPS) is 16.1. The van der Waals surface area contributed by atoms with Gasteiger partial charge >= 0.3 is 0 Å². The Morgan fingerprint density at radius 1 is 1.07 bits per heavy atom. The van der Waals surface area contributed by atoms with E-state index in [9.17, 15) is 8.42 Å². The van der Waals surface area contributed by atoms with Crippen LogP contribution in [0.3, 0.4) is 0 Å². The van der Waals surface area contributed by atoms with Crippen molar-refractivity contribution in [1.29, 1.82) is 0 Å². The van der Waals surface area contributed by atoms with Gasteiger partial charge in [-0.2, -0.15) is 4.31 Å². The van der Waals surface area contributed by atoms with Gasteiger partial charge in [-0.15, -0.1) is 0 Å². The van der Waals surface area contributed by atoms with Gasteiger partial charge in [-0.3, -0.25) is 0 Å². The van der Waals surface area contributed by atoms with E-state index < -0.39 is 10.0 Å². The number of rotatable bonds is 4. The summed E-state index contributed by atoms with van der Waals surface area (Å²) in [6.45, 7) is 2.39. The minimum Gasteiger partial charge on any atom is -0.368 e. The fourth-order valence-corrected chi connectivity index (χ4v) is 4.63. The first-order valence-electron chi connectivity index (χ1n) is 8.65. The molecule has 7 nitrogen and oxygen atoms in total. The number of thioether (sulfide) groups is 1. The lowest BCUT2D eigenvalue weighted by molar-refractivity contribution is 0.388. The van der Waals surface area contributed by atoms with Crippen LogP contribution in [0.5, 0.6) is 0 Å². The molecular weight excluding hydrogens is 382 g/mol. The zero-order valence-electron chi connectivity index (χ0n) is 15.2. The Morgan fingerprint density at radius 3 is 2.56 bits per heavy atom. The summed E-state index contributed by atoms with van der Waals surface area (Å²) in [5, 5.41) is 1.87. The van der Waals surface area contributed by atoms with Gasteiger partial charge in [0.05, 0.1) is 11.8 Å². The average molecular weight is 404 g/mol. The van der Waals surface area contributed by atoms with Gasteiger partial charge < -0.3 is 9.47 Å². The second-order valence-corrected chi connectivity index (χ2v) is 9.20. The minimum absolute atomic E-state index is 0.513. The molecule has 1 saturated heterocycles. The number of sulfonamides is 1. The average Bonchev–Trinajstić information content (AvgIpc) is 3.12. The molecule has 0 spiro atoms. The molecule has 1 aliphatic rings. The summed E-state index contributed by atoms with van der Waals surface area (Å²) in [6, 6.07) is 10.2. The summed E-state index contributed by atoms with van der Waals surface area (Å²) in [4.78, 5) is 11.1. The van der Waals surface area contributed by atoms with Gasteiger partial charge in [-0.1, -0.05) is 17.8 Å². The zero-order valence-corrected chi connectivity index (χ0v) is 16.9. The maximum atomic E-state index is 11.7. The Labute approximate surface area is 163 Å². The highest BCUT2D eigenvalue weighted by Gasteiger charge is 2.24. The van der Waals surface area contributed by atoms with Crippen molar-refractivity contribution in [2.45, 2.75) is 5.16 Å². The van der Waals surface area contributed by atoms with Crippen LogP contribution in [0.2, 0.25) is 0 Å². The van der Waals surface area contributed by atoms with E-state index in [-0.39, 0.29) is 0 Å². The summed E-state index contributed by atoms with van der Waals surface area (Å²) in [5.41, 5.74) is 2.20. The van der Waals surface area contributed by atoms with Gasteiger partial charge in [0.2, 0.25) is 10.0 Å². The maximum absolute atomic E-state index is 11.7. The number of fused-ring (bicyclic) bond motifs is 1. The molecule has 4 rings (SSSR count). The SMILES string of the molecule is CSc1nccc(-n2ccc3c(N4CCN(S(C)(=O)=O)CC4)cccc32)n1. The Morgan fingerprint density at radius 2 is 1.85 bits per heavy atom. The lowest BCUT2D eigenvalue weighted by Gasteiger charge is -2.35. The highest BCUT2D eigenvalue weighted by Crippen LogP contribution is 2.30. The number of aromatic nitrogens is 3. The first-order chi connectivity index (χ1) is 13.0. The standard InChI is InChI=1S/C18H21N5O2S2/c1-26-18-19-8-6-17(20-18)23-9-7-14-15(4-3-5-16(14)23)21-10-12-22(13-11-21)27(2,24)25/h3-9H,10-13H2,1-2H3. The number of anilines is 1. The summed E-state index contributed by atoms with van der Waals surface area (Å²) >= 11 is 1.52. The van der Waals surface area contributed by atoms with E-state index in [2.05, 4.69) is 37.6 Å². The molecule has 1 fully saturated rings. The molecule has 0 aliphatic carbocycles. The van der Waals surface area contributed by atoms with E-state index in [1.807, 2.05) is 24.6 Å². The van der Waals surface area contributed by atoms with Gasteiger partial charge in [0.15, 0.2) is 5.16 Å². The molecule has 0 atom stereocenters. The smallest absolute Gasteiger partial charge is 0.211 e. The van der Waals surface area contributed by atoms with E-state index in [4.69, 9.17) is 0 Å². The van der Waals surface area contributed by atoms with Crippen LogP contribution >= 0.6 is 11.8 Å². The monoisotopic (exact) mass is 403 g/mol. The third kappa shape index (κ3) is 3.54. The second-order valence-electron chi connectivity index (χ2n) is 6.45. The predicted octanol–water partition coefficient (Wildman–Crippen LogP) is 2.22. The fourth-order valence-electron chi connectivity index (χ4n) is 3.45. The van der Waals surface area contributed by atoms with Crippen LogP contribution < -0.4 is 4.90 Å². The molecule has 9 heteroatoms. The molecule has 3 heterocycles. The van der Waals surface area contributed by atoms with Crippen molar-refractivity contribution in [2.24, 2.45) is 0 Å². The van der Waals surface area contributed by atoms with Crippen molar-refractivity contribution in [3.8, 4) is 5.82 Å². The second kappa shape index (κ2) is 7.14. The molecule has 0 amide bonds. The van der Waals surface area contributed by atoms with Gasteiger partial charge in [0, 0.05) is 49.6 Å². The molecule has 0 radical (unpaired) electrons. The zero-order chi connectivity index (χ0) is 19.0. The first-order valence-corrected chi connectivity index (χ1v) is 11.7. The van der Waals surface area contributed by atoms with Crippen molar-refractivity contribution in [1.82, 2.24) is 18.8 Å². The van der Waals surface area contributed by atoms with Gasteiger partial charge in [-0.05, 0) is 30.5 Å². The van der Waals surface area contributed by atoms with E-state index in [0.29, 0.717) is 26.2 Å². The van der Waals surface area contributed by atoms with Gasteiger partial charge in [-0.25, -0.2) is 18.4 Å². The van der Waals surface area contributed by atoms with E-state index in [1.165, 1.54) is 18.0 Å². The van der Waals surface area contributed by atoms with Crippen molar-refractivity contribution in [2.75, 3.05) is 43.6 Å². The Bertz CT molecular complexity index is 1070. The molecule has 0 bridgehead atoms. The summed E-state index contributed by atoms with van der Waals surface area (Å²) < 4.78 is 27.1. The van der Waals surface area contributed by atoms with Gasteiger partial charge in [0.25, 0.3) is 0 Å². The summed E-state index contributed by atoms with van der Waals surface area (Å²) in [7, 11) is -3.13. The molecule has 142 valence electrons. The Kier molecular flexibility index (Phi) is 4.83. The van der Waals surface area contributed by atoms with Crippen molar-refractivity contribution in [3.63, 3.8) is 0 Å². The van der Waals surface area contributed by atoms with E-state index >= 15 is 0 Å². The molecule has 0 unspecified atom stereocenters. The van der Waals surface area contributed by atoms with E-state index in [1.54, 1.807) is 10.5 Å². The molecule has 0 N–H and O–H groups in total. The fraction of sp³-hybridized carbons (Fsp3) is 0.333. The van der Waals surface area contributed by atoms with Crippen molar-refractivity contribution >= 4 is 38.4 Å². The third-order valence-corrected chi connectivity index (χ3v) is 6.67. The van der Waals surface area contributed by atoms with E-state index in [0.717, 1.165) is 27.6 Å². The maximum Gasteiger partial charge on any atom is 0.211 e. The molecule has 27 heavy (non-hydrogen) atoms. The highest BCUT2D eigenvalue weighted by molar-refractivity contribution is 7.98. The number of hydrogen-bond donors (Lipinski definition) is 0. The molecule has 0 saturated carbocycles. The van der Waals surface area contributed by atoms with Crippen LogP contribution in [0.4, 0.5) is 5.69 Å². The van der Waals surface area contributed by atoms with Crippen LogP contribution in [-0.4, -0.2) is 65.9 Å². The first kappa shape index (κ1) is 18.3. The molecule has 1 aliphatic heterocycles. The van der Waals surface area contributed by atoms with Gasteiger partial charge in [0.1, 0.15) is 5.82 Å². The quantitative estimate of drug-likeness (QED) is 0.491. The van der Waals surface area contributed by atoms with Crippen LogP contribution in [-0.2, 0) is 10.0 Å². The number of piperazine rings is 1. The molecule has 1 aromatic carbocycles.